The molecule has 1 atom stereocenters. The molecule has 94 valence electrons. The summed E-state index contributed by atoms with van der Waals surface area (Å²) in [6, 6.07) is 6.80. The molecule has 6 heteroatoms. The molecular formula is C12H12ClN3O2. The molecule has 1 aromatic rings. The van der Waals surface area contributed by atoms with Crippen molar-refractivity contribution < 1.29 is 9.53 Å². The summed E-state index contributed by atoms with van der Waals surface area (Å²) < 4.78 is 4.72. The first-order valence-corrected chi connectivity index (χ1v) is 5.61. The number of nitrogens with one attached hydrogen (secondary N) is 1. The van der Waals surface area contributed by atoms with E-state index in [1.54, 1.807) is 36.5 Å². The fourth-order valence-corrected chi connectivity index (χ4v) is 2.01. The number of benzene rings is 1. The Morgan fingerprint density at radius 3 is 2.89 bits per heavy atom. The molecule has 0 saturated carbocycles. The number of esters is 1. The molecule has 0 fully saturated rings. The number of nitrogens with zero attached hydrogens (tertiary/aromatic N) is 1. The number of methoxy groups -OCH3 is 1. The molecule has 0 radical (unpaired) electrons. The smallest absolute Gasteiger partial charge is 0.338 e. The minimum atomic E-state index is -1.29. The molecule has 5 nitrogen and oxygen atoms in total. The lowest BCUT2D eigenvalue weighted by molar-refractivity contribution is 0.0598. The number of hydrogen-bond acceptors (Lipinski definition) is 5. The van der Waals surface area contributed by atoms with Gasteiger partial charge < -0.3 is 15.8 Å². The van der Waals surface area contributed by atoms with Crippen molar-refractivity contribution in [3.8, 4) is 0 Å². The van der Waals surface area contributed by atoms with Crippen molar-refractivity contribution in [2.75, 3.05) is 7.11 Å². The molecule has 1 aromatic carbocycles. The van der Waals surface area contributed by atoms with Gasteiger partial charge in [-0.3, -0.25) is 0 Å². The van der Waals surface area contributed by atoms with Gasteiger partial charge in [-0.1, -0.05) is 29.8 Å². The number of amidine groups is 1. The van der Waals surface area contributed by atoms with Crippen LogP contribution in [-0.2, 0) is 9.86 Å². The SMILES string of the molecule is COC(=O)c1ccccc1C1(Cl)N=C(N)C=CN1. The predicted octanol–water partition coefficient (Wildman–Crippen LogP) is 1.30. The monoisotopic (exact) mass is 265 g/mol. The molecule has 0 amide bonds. The molecule has 0 aromatic heterocycles. The first-order valence-electron chi connectivity index (χ1n) is 5.23. The highest BCUT2D eigenvalue weighted by Crippen LogP contribution is 2.32. The third-order valence-corrected chi connectivity index (χ3v) is 2.90. The van der Waals surface area contributed by atoms with Crippen molar-refractivity contribution in [3.05, 3.63) is 47.7 Å². The molecule has 0 saturated heterocycles. The second kappa shape index (κ2) is 4.70. The van der Waals surface area contributed by atoms with Gasteiger partial charge in [-0.05, 0) is 12.1 Å². The fourth-order valence-electron chi connectivity index (χ4n) is 1.68. The van der Waals surface area contributed by atoms with E-state index >= 15 is 0 Å². The van der Waals surface area contributed by atoms with E-state index in [2.05, 4.69) is 10.3 Å². The summed E-state index contributed by atoms with van der Waals surface area (Å²) in [5, 5.41) is 1.58. The summed E-state index contributed by atoms with van der Waals surface area (Å²) in [6.07, 6.45) is 3.17. The maximum absolute atomic E-state index is 11.7. The number of rotatable bonds is 2. The second-order valence-corrected chi connectivity index (χ2v) is 4.22. The van der Waals surface area contributed by atoms with Crippen molar-refractivity contribution in [1.82, 2.24) is 5.32 Å². The highest BCUT2D eigenvalue weighted by Gasteiger charge is 2.33. The first-order chi connectivity index (χ1) is 8.57. The Kier molecular flexibility index (Phi) is 3.25. The lowest BCUT2D eigenvalue weighted by atomic mass is 10.0. The van der Waals surface area contributed by atoms with Gasteiger partial charge in [-0.25, -0.2) is 9.79 Å². The van der Waals surface area contributed by atoms with E-state index in [1.807, 2.05) is 0 Å². The van der Waals surface area contributed by atoms with Gasteiger partial charge in [0.25, 0.3) is 0 Å². The van der Waals surface area contributed by atoms with Crippen LogP contribution in [0.5, 0.6) is 0 Å². The highest BCUT2D eigenvalue weighted by atomic mass is 35.5. The van der Waals surface area contributed by atoms with Crippen molar-refractivity contribution in [3.63, 3.8) is 0 Å². The zero-order valence-electron chi connectivity index (χ0n) is 9.68. The molecular weight excluding hydrogens is 254 g/mol. The first kappa shape index (κ1) is 12.4. The molecule has 1 unspecified atom stereocenters. The number of carbonyl (C=O) groups is 1. The highest BCUT2D eigenvalue weighted by molar-refractivity contribution is 6.25. The van der Waals surface area contributed by atoms with E-state index in [9.17, 15) is 4.79 Å². The van der Waals surface area contributed by atoms with Gasteiger partial charge in [0.15, 0.2) is 0 Å². The van der Waals surface area contributed by atoms with Crippen molar-refractivity contribution in [1.29, 1.82) is 0 Å². The van der Waals surface area contributed by atoms with Gasteiger partial charge in [0.05, 0.1) is 12.7 Å². The van der Waals surface area contributed by atoms with Crippen LogP contribution in [0.15, 0.2) is 41.5 Å². The quantitative estimate of drug-likeness (QED) is 0.480. The van der Waals surface area contributed by atoms with E-state index in [1.165, 1.54) is 7.11 Å². The van der Waals surface area contributed by atoms with Gasteiger partial charge in [0, 0.05) is 11.8 Å². The number of aliphatic imine (C=N–C) groups is 1. The predicted molar refractivity (Wildman–Crippen MR) is 69.2 cm³/mol. The zero-order valence-corrected chi connectivity index (χ0v) is 10.4. The van der Waals surface area contributed by atoms with Crippen molar-refractivity contribution in [2.45, 2.75) is 5.12 Å². The van der Waals surface area contributed by atoms with Gasteiger partial charge >= 0.3 is 5.97 Å². The van der Waals surface area contributed by atoms with Crippen LogP contribution < -0.4 is 11.1 Å². The molecule has 18 heavy (non-hydrogen) atoms. The Morgan fingerprint density at radius 1 is 1.50 bits per heavy atom. The summed E-state index contributed by atoms with van der Waals surface area (Å²) in [7, 11) is 1.31. The summed E-state index contributed by atoms with van der Waals surface area (Å²) in [5.74, 6) is -0.195. The van der Waals surface area contributed by atoms with Crippen LogP contribution >= 0.6 is 11.6 Å². The Bertz CT molecular complexity index is 542. The van der Waals surface area contributed by atoms with Gasteiger partial charge in [0.1, 0.15) is 5.84 Å². The largest absolute Gasteiger partial charge is 0.465 e. The van der Waals surface area contributed by atoms with Crippen LogP contribution in [0.3, 0.4) is 0 Å². The van der Waals surface area contributed by atoms with Crippen LogP contribution in [0, 0.1) is 0 Å². The molecule has 1 heterocycles. The minimum Gasteiger partial charge on any atom is -0.465 e. The number of carbonyl (C=O) groups excluding carboxylic acids is 1. The Balaban J connectivity index is 2.51. The average molecular weight is 266 g/mol. The fraction of sp³-hybridized carbons (Fsp3) is 0.167. The molecule has 1 aliphatic rings. The zero-order chi connectivity index (χ0) is 13.2. The lowest BCUT2D eigenvalue weighted by Gasteiger charge is -2.27. The van der Waals surface area contributed by atoms with Gasteiger partial charge in [-0.2, -0.15) is 0 Å². The summed E-state index contributed by atoms with van der Waals surface area (Å²) in [4.78, 5) is 15.8. The van der Waals surface area contributed by atoms with Crippen molar-refractivity contribution >= 4 is 23.4 Å². The molecule has 0 spiro atoms. The van der Waals surface area contributed by atoms with E-state index in [0.717, 1.165) is 0 Å². The van der Waals surface area contributed by atoms with Crippen molar-refractivity contribution in [2.24, 2.45) is 10.7 Å². The van der Waals surface area contributed by atoms with Crippen LogP contribution in [0.2, 0.25) is 0 Å². The third kappa shape index (κ3) is 2.17. The lowest BCUT2D eigenvalue weighted by Crippen LogP contribution is -2.38. The van der Waals surface area contributed by atoms with Gasteiger partial charge in [0.2, 0.25) is 5.12 Å². The van der Waals surface area contributed by atoms with Crippen LogP contribution in [-0.4, -0.2) is 18.9 Å². The second-order valence-electron chi connectivity index (χ2n) is 3.67. The molecule has 0 bridgehead atoms. The topological polar surface area (TPSA) is 76.7 Å². The standard InChI is InChI=1S/C12H12ClN3O2/c1-18-11(17)8-4-2-3-5-9(8)12(13)15-7-6-10(14)16-12/h2-7,15H,1H3,(H2,14,16). The Labute approximate surface area is 109 Å². The molecule has 1 aliphatic heterocycles. The van der Waals surface area contributed by atoms with Crippen LogP contribution in [0.25, 0.3) is 0 Å². The summed E-state index contributed by atoms with van der Waals surface area (Å²) in [6.45, 7) is 0. The summed E-state index contributed by atoms with van der Waals surface area (Å²) in [5.41, 5.74) is 6.46. The number of nitrogens with two attached hydrogens (primary N) is 1. The van der Waals surface area contributed by atoms with E-state index in [0.29, 0.717) is 11.1 Å². The van der Waals surface area contributed by atoms with E-state index < -0.39 is 11.1 Å². The maximum Gasteiger partial charge on any atom is 0.338 e. The normalized spacial score (nSPS) is 22.0. The maximum atomic E-state index is 11.7. The molecule has 2 rings (SSSR count). The van der Waals surface area contributed by atoms with E-state index in [-0.39, 0.29) is 5.84 Å². The Morgan fingerprint density at radius 2 is 2.22 bits per heavy atom. The molecule has 3 N–H and O–H groups in total. The molecule has 0 aliphatic carbocycles. The summed E-state index contributed by atoms with van der Waals surface area (Å²) >= 11 is 6.36. The number of hydrogen-bond donors (Lipinski definition) is 2. The minimum absolute atomic E-state index is 0.281. The number of ether oxygens (including phenoxy) is 1. The van der Waals surface area contributed by atoms with Gasteiger partial charge in [-0.15, -0.1) is 0 Å². The third-order valence-electron chi connectivity index (χ3n) is 2.50. The number of halogens is 1. The average Bonchev–Trinajstić information content (AvgIpc) is 2.37. The Hall–Kier alpha value is -2.01. The van der Waals surface area contributed by atoms with E-state index in [4.69, 9.17) is 22.1 Å². The van der Waals surface area contributed by atoms with Crippen LogP contribution in [0.1, 0.15) is 15.9 Å². The van der Waals surface area contributed by atoms with Crippen LogP contribution in [0.4, 0.5) is 0 Å². The number of alkyl halides is 1.